The molecule has 1 fully saturated rings. The summed E-state index contributed by atoms with van der Waals surface area (Å²) in [5, 5.41) is 13.6. The molecule has 1 aliphatic heterocycles. The summed E-state index contributed by atoms with van der Waals surface area (Å²) in [6.07, 6.45) is -0.893. The predicted molar refractivity (Wildman–Crippen MR) is 80.1 cm³/mol. The minimum atomic E-state index is -0.856. The van der Waals surface area contributed by atoms with Gasteiger partial charge in [0.25, 0.3) is 0 Å². The first-order valence-electron chi connectivity index (χ1n) is 7.25. The molecule has 2 rings (SSSR count). The molecule has 1 aromatic carbocycles. The lowest BCUT2D eigenvalue weighted by Crippen LogP contribution is -2.58. The van der Waals surface area contributed by atoms with E-state index < -0.39 is 18.0 Å². The highest BCUT2D eigenvalue weighted by Gasteiger charge is 2.46. The Morgan fingerprint density at radius 1 is 1.41 bits per heavy atom. The summed E-state index contributed by atoms with van der Waals surface area (Å²) in [4.78, 5) is 11.3. The Hall–Kier alpha value is -1.47. The summed E-state index contributed by atoms with van der Waals surface area (Å²) in [5.74, 6) is -0.374. The Morgan fingerprint density at radius 2 is 2.09 bits per heavy atom. The Morgan fingerprint density at radius 3 is 2.68 bits per heavy atom. The predicted octanol–water partition coefficient (Wildman–Crippen LogP) is 0.787. The van der Waals surface area contributed by atoms with Crippen molar-refractivity contribution in [3.63, 3.8) is 0 Å². The number of hydrogen-bond donors (Lipinski definition) is 2. The number of benzene rings is 1. The van der Waals surface area contributed by atoms with Gasteiger partial charge in [-0.15, -0.1) is 0 Å². The number of rotatable bonds is 5. The van der Waals surface area contributed by atoms with Crippen LogP contribution >= 0.6 is 0 Å². The van der Waals surface area contributed by atoms with Gasteiger partial charge >= 0.3 is 5.97 Å². The van der Waals surface area contributed by atoms with E-state index in [-0.39, 0.29) is 18.6 Å². The van der Waals surface area contributed by atoms with E-state index in [0.29, 0.717) is 6.42 Å². The van der Waals surface area contributed by atoms with Crippen LogP contribution < -0.4 is 5.32 Å². The van der Waals surface area contributed by atoms with E-state index in [4.69, 9.17) is 9.47 Å². The van der Waals surface area contributed by atoms with Gasteiger partial charge in [0.2, 0.25) is 0 Å². The summed E-state index contributed by atoms with van der Waals surface area (Å²) in [5.41, 5.74) is 0.0294. The van der Waals surface area contributed by atoms with Crippen LogP contribution in [0.5, 0.6) is 0 Å². The van der Waals surface area contributed by atoms with E-state index in [1.54, 1.807) is 7.11 Å². The quantitative estimate of drug-likeness (QED) is 0.783. The molecule has 4 atom stereocenters. The fourth-order valence-corrected chi connectivity index (χ4v) is 2.69. The Bertz CT molecular complexity index is 495. The number of esters is 1. The lowest BCUT2D eigenvalue weighted by Gasteiger charge is -2.46. The second kappa shape index (κ2) is 7.19. The van der Waals surface area contributed by atoms with Crippen LogP contribution in [0.15, 0.2) is 30.3 Å². The first kappa shape index (κ1) is 16.9. The van der Waals surface area contributed by atoms with Gasteiger partial charge in [-0.05, 0) is 18.9 Å². The van der Waals surface area contributed by atoms with Gasteiger partial charge < -0.3 is 19.3 Å². The monoisotopic (exact) mass is 309 g/mol. The van der Waals surface area contributed by atoms with Crippen LogP contribution in [-0.2, 0) is 24.6 Å². The molecule has 22 heavy (non-hydrogen) atoms. The maximum absolute atomic E-state index is 11.3. The van der Waals surface area contributed by atoms with Crippen molar-refractivity contribution in [2.45, 2.75) is 37.4 Å². The lowest BCUT2D eigenvalue weighted by atomic mass is 9.83. The number of aliphatic hydroxyl groups excluding tert-OH is 1. The highest BCUT2D eigenvalue weighted by molar-refractivity contribution is 5.71. The van der Waals surface area contributed by atoms with Gasteiger partial charge in [0.1, 0.15) is 5.60 Å². The molecule has 0 aliphatic carbocycles. The first-order chi connectivity index (χ1) is 10.5. The van der Waals surface area contributed by atoms with Crippen molar-refractivity contribution < 1.29 is 24.1 Å². The molecular weight excluding hydrogens is 286 g/mol. The number of carbonyl (C=O) groups excluding carboxylic acids is 1. The molecule has 6 nitrogen and oxygen atoms in total. The highest BCUT2D eigenvalue weighted by atomic mass is 16.7. The van der Waals surface area contributed by atoms with Gasteiger partial charge in [-0.2, -0.15) is 0 Å². The number of ether oxygens (including phenoxy) is 3. The van der Waals surface area contributed by atoms with Gasteiger partial charge in [0.05, 0.1) is 25.8 Å². The molecular formula is C16H23NO5. The molecule has 6 heteroatoms. The second-order valence-electron chi connectivity index (χ2n) is 5.51. The Labute approximate surface area is 130 Å². The molecule has 0 spiro atoms. The fourth-order valence-electron chi connectivity index (χ4n) is 2.69. The van der Waals surface area contributed by atoms with Crippen molar-refractivity contribution in [3.8, 4) is 0 Å². The zero-order chi connectivity index (χ0) is 16.2. The van der Waals surface area contributed by atoms with Crippen LogP contribution in [0, 0.1) is 0 Å². The third-order valence-corrected chi connectivity index (χ3v) is 4.12. The van der Waals surface area contributed by atoms with Crippen molar-refractivity contribution in [3.05, 3.63) is 35.9 Å². The molecule has 0 radical (unpaired) electrons. The zero-order valence-electron chi connectivity index (χ0n) is 13.1. The van der Waals surface area contributed by atoms with Gasteiger partial charge in [0, 0.05) is 7.11 Å². The summed E-state index contributed by atoms with van der Waals surface area (Å²) in [7, 11) is 2.87. The topological polar surface area (TPSA) is 77.0 Å². The summed E-state index contributed by atoms with van der Waals surface area (Å²) in [6, 6.07) is 9.25. The number of nitrogens with one attached hydrogen (secondary N) is 1. The van der Waals surface area contributed by atoms with Crippen LogP contribution in [0.4, 0.5) is 0 Å². The van der Waals surface area contributed by atoms with Gasteiger partial charge in [-0.1, -0.05) is 30.3 Å². The largest absolute Gasteiger partial charge is 0.468 e. The summed E-state index contributed by atoms with van der Waals surface area (Å²) in [6.45, 7) is 1.88. The van der Waals surface area contributed by atoms with Crippen molar-refractivity contribution in [1.29, 1.82) is 0 Å². The van der Waals surface area contributed by atoms with Gasteiger partial charge in [-0.25, -0.2) is 0 Å². The minimum absolute atomic E-state index is 0.0408. The van der Waals surface area contributed by atoms with E-state index in [2.05, 4.69) is 10.1 Å². The minimum Gasteiger partial charge on any atom is -0.468 e. The standard InChI is InChI=1S/C16H23NO5/c1-16(11-7-5-4-6-8-11)13(18)9-12(15(21-3)22-16)17-10-14(19)20-2/h4-8,12-13,15,17-18H,9-10H2,1-3H3/t12-,13+,15-,16+/m1/s1. The normalized spacial score (nSPS) is 31.7. The lowest BCUT2D eigenvalue weighted by molar-refractivity contribution is -0.272. The zero-order valence-corrected chi connectivity index (χ0v) is 13.1. The van der Waals surface area contributed by atoms with Gasteiger partial charge in [0.15, 0.2) is 6.29 Å². The Kier molecular flexibility index (Phi) is 5.52. The van der Waals surface area contributed by atoms with Crippen LogP contribution in [0.2, 0.25) is 0 Å². The third-order valence-electron chi connectivity index (χ3n) is 4.12. The maximum Gasteiger partial charge on any atom is 0.319 e. The smallest absolute Gasteiger partial charge is 0.319 e. The number of aliphatic hydroxyl groups is 1. The van der Waals surface area contributed by atoms with Crippen molar-refractivity contribution in [2.75, 3.05) is 20.8 Å². The molecule has 1 saturated heterocycles. The van der Waals surface area contributed by atoms with E-state index >= 15 is 0 Å². The number of hydrogen-bond acceptors (Lipinski definition) is 6. The maximum atomic E-state index is 11.3. The van der Waals surface area contributed by atoms with E-state index in [1.165, 1.54) is 7.11 Å². The molecule has 0 amide bonds. The molecule has 0 unspecified atom stereocenters. The average Bonchev–Trinajstić information content (AvgIpc) is 2.56. The Balaban J connectivity index is 2.12. The van der Waals surface area contributed by atoms with E-state index in [0.717, 1.165) is 5.56 Å². The molecule has 0 bridgehead atoms. The first-order valence-corrected chi connectivity index (χ1v) is 7.25. The van der Waals surface area contributed by atoms with Crippen LogP contribution in [0.3, 0.4) is 0 Å². The van der Waals surface area contributed by atoms with Crippen LogP contribution in [0.25, 0.3) is 0 Å². The molecule has 1 aliphatic rings. The highest BCUT2D eigenvalue weighted by Crippen LogP contribution is 2.37. The van der Waals surface area contributed by atoms with E-state index in [9.17, 15) is 9.90 Å². The number of carbonyl (C=O) groups is 1. The molecule has 2 N–H and O–H groups in total. The molecule has 1 aromatic rings. The van der Waals surface area contributed by atoms with Crippen LogP contribution in [0.1, 0.15) is 18.9 Å². The summed E-state index contributed by atoms with van der Waals surface area (Å²) < 4.78 is 16.0. The SMILES string of the molecule is COC(=O)CN[C@@H]1C[C@H](O)[C@](C)(c2ccccc2)O[C@H]1OC. The third kappa shape index (κ3) is 3.47. The molecule has 0 aromatic heterocycles. The van der Waals surface area contributed by atoms with Crippen molar-refractivity contribution >= 4 is 5.97 Å². The van der Waals surface area contributed by atoms with Crippen molar-refractivity contribution in [1.82, 2.24) is 5.32 Å². The fraction of sp³-hybridized carbons (Fsp3) is 0.562. The van der Waals surface area contributed by atoms with Crippen molar-refractivity contribution in [2.24, 2.45) is 0 Å². The van der Waals surface area contributed by atoms with Crippen LogP contribution in [-0.4, -0.2) is 50.3 Å². The summed E-state index contributed by atoms with van der Waals surface area (Å²) >= 11 is 0. The average molecular weight is 309 g/mol. The molecule has 122 valence electrons. The molecule has 0 saturated carbocycles. The second-order valence-corrected chi connectivity index (χ2v) is 5.51. The molecule has 1 heterocycles. The van der Waals surface area contributed by atoms with Gasteiger partial charge in [-0.3, -0.25) is 10.1 Å². The van der Waals surface area contributed by atoms with E-state index in [1.807, 2.05) is 37.3 Å². The number of methoxy groups -OCH3 is 2.